The molecule has 1 rings (SSSR count). The van der Waals surface area contributed by atoms with Gasteiger partial charge >= 0.3 is 0 Å². The van der Waals surface area contributed by atoms with Crippen LogP contribution in [0.1, 0.15) is 63.5 Å². The van der Waals surface area contributed by atoms with Crippen LogP contribution in [0.5, 0.6) is 0 Å². The van der Waals surface area contributed by atoms with Crippen molar-refractivity contribution in [3.05, 3.63) is 15.6 Å². The second kappa shape index (κ2) is 5.07. The maximum absolute atomic E-state index is 5.81. The normalized spacial score (nSPS) is 13.1. The first kappa shape index (κ1) is 14.7. The predicted molar refractivity (Wildman–Crippen MR) is 76.5 cm³/mol. The van der Waals surface area contributed by atoms with E-state index in [-0.39, 0.29) is 5.41 Å². The highest BCUT2D eigenvalue weighted by atomic mass is 32.1. The Morgan fingerprint density at radius 2 is 1.71 bits per heavy atom. The molecular formula is C14H26N2S. The van der Waals surface area contributed by atoms with Crippen LogP contribution in [0.25, 0.3) is 0 Å². The Balaban J connectivity index is 2.86. The largest absolute Gasteiger partial charge is 0.326 e. The fraction of sp³-hybridized carbons (Fsp3) is 0.786. The smallest absolute Gasteiger partial charge is 0.0932 e. The molecule has 0 aliphatic rings. The molecule has 0 saturated carbocycles. The molecule has 0 radical (unpaired) electrons. The number of aromatic nitrogens is 1. The van der Waals surface area contributed by atoms with E-state index in [0.29, 0.717) is 12.0 Å². The lowest BCUT2D eigenvalue weighted by atomic mass is 9.90. The van der Waals surface area contributed by atoms with E-state index in [0.717, 1.165) is 6.42 Å². The van der Waals surface area contributed by atoms with Gasteiger partial charge in [-0.1, -0.05) is 41.5 Å². The van der Waals surface area contributed by atoms with Crippen LogP contribution < -0.4 is 5.73 Å². The summed E-state index contributed by atoms with van der Waals surface area (Å²) in [5, 5.41) is 1.24. The molecule has 0 bridgehead atoms. The van der Waals surface area contributed by atoms with Crippen molar-refractivity contribution in [2.75, 3.05) is 0 Å². The van der Waals surface area contributed by atoms with Crippen molar-refractivity contribution >= 4 is 11.3 Å². The molecule has 3 heteroatoms. The molecule has 0 aliphatic carbocycles. The zero-order valence-electron chi connectivity index (χ0n) is 12.1. The quantitative estimate of drug-likeness (QED) is 0.889. The molecule has 0 fully saturated rings. The van der Waals surface area contributed by atoms with Gasteiger partial charge in [0.1, 0.15) is 0 Å². The molecule has 1 aromatic heterocycles. The second-order valence-corrected chi connectivity index (χ2v) is 8.06. The minimum atomic E-state index is 0.102. The molecule has 1 aromatic rings. The van der Waals surface area contributed by atoms with Crippen molar-refractivity contribution < 1.29 is 0 Å². The Labute approximate surface area is 110 Å². The maximum Gasteiger partial charge on any atom is 0.0932 e. The zero-order chi connectivity index (χ0) is 13.3. The highest BCUT2D eigenvalue weighted by Gasteiger charge is 2.23. The average Bonchev–Trinajstić information content (AvgIpc) is 2.56. The fourth-order valence-corrected chi connectivity index (χ4v) is 2.87. The van der Waals surface area contributed by atoms with Crippen molar-refractivity contribution in [1.29, 1.82) is 0 Å². The molecule has 17 heavy (non-hydrogen) atoms. The van der Waals surface area contributed by atoms with Crippen LogP contribution in [0.2, 0.25) is 0 Å². The molecular weight excluding hydrogens is 228 g/mol. The Bertz CT molecular complexity index is 367. The average molecular weight is 254 g/mol. The molecule has 0 aromatic carbocycles. The van der Waals surface area contributed by atoms with Crippen molar-refractivity contribution in [2.45, 2.75) is 66.3 Å². The maximum atomic E-state index is 5.81. The fourth-order valence-electron chi connectivity index (χ4n) is 1.71. The van der Waals surface area contributed by atoms with Crippen molar-refractivity contribution in [2.24, 2.45) is 11.1 Å². The molecule has 0 amide bonds. The summed E-state index contributed by atoms with van der Waals surface area (Å²) in [6.45, 7) is 14.0. The first-order valence-electron chi connectivity index (χ1n) is 6.32. The van der Waals surface area contributed by atoms with E-state index in [1.807, 2.05) is 0 Å². The summed E-state index contributed by atoms with van der Waals surface area (Å²) in [6.07, 6.45) is 2.24. The number of rotatable bonds is 3. The third kappa shape index (κ3) is 4.40. The molecule has 0 saturated heterocycles. The topological polar surface area (TPSA) is 38.9 Å². The van der Waals surface area contributed by atoms with Gasteiger partial charge in [0.25, 0.3) is 0 Å². The minimum Gasteiger partial charge on any atom is -0.326 e. The molecule has 0 spiro atoms. The zero-order valence-corrected chi connectivity index (χ0v) is 12.9. The first-order chi connectivity index (χ1) is 7.63. The highest BCUT2D eigenvalue weighted by molar-refractivity contribution is 7.11. The van der Waals surface area contributed by atoms with E-state index in [1.54, 1.807) is 11.3 Å². The lowest BCUT2D eigenvalue weighted by Crippen LogP contribution is -2.15. The monoisotopic (exact) mass is 254 g/mol. The van der Waals surface area contributed by atoms with Crippen LogP contribution in [0, 0.1) is 5.41 Å². The standard InChI is InChI=1S/C14H26N2S/c1-13(2,3)8-7-11-16-12(14(4,5)6)10(9-15)17-11/h7-9,15H2,1-6H3. The van der Waals surface area contributed by atoms with E-state index in [2.05, 4.69) is 41.5 Å². The Hall–Kier alpha value is -0.410. The van der Waals surface area contributed by atoms with E-state index >= 15 is 0 Å². The van der Waals surface area contributed by atoms with Crippen LogP contribution in [0.4, 0.5) is 0 Å². The molecule has 1 heterocycles. The second-order valence-electron chi connectivity index (χ2n) is 6.89. The van der Waals surface area contributed by atoms with Gasteiger partial charge in [0.15, 0.2) is 0 Å². The van der Waals surface area contributed by atoms with Gasteiger partial charge in [-0.15, -0.1) is 11.3 Å². The summed E-state index contributed by atoms with van der Waals surface area (Å²) < 4.78 is 0. The Morgan fingerprint density at radius 1 is 1.12 bits per heavy atom. The third-order valence-electron chi connectivity index (χ3n) is 2.73. The van der Waals surface area contributed by atoms with E-state index in [4.69, 9.17) is 10.7 Å². The van der Waals surface area contributed by atoms with Crippen molar-refractivity contribution in [1.82, 2.24) is 4.98 Å². The lowest BCUT2D eigenvalue weighted by Gasteiger charge is -2.17. The lowest BCUT2D eigenvalue weighted by molar-refractivity contribution is 0.377. The Morgan fingerprint density at radius 3 is 2.06 bits per heavy atom. The SMILES string of the molecule is CC(C)(C)CCc1nc(C(C)(C)C)c(CN)s1. The van der Waals surface area contributed by atoms with Crippen LogP contribution in [-0.4, -0.2) is 4.98 Å². The van der Waals surface area contributed by atoms with Gasteiger partial charge < -0.3 is 5.73 Å². The molecule has 0 unspecified atom stereocenters. The number of hydrogen-bond donors (Lipinski definition) is 1. The number of aryl methyl sites for hydroxylation is 1. The summed E-state index contributed by atoms with van der Waals surface area (Å²) in [5.41, 5.74) is 7.48. The summed E-state index contributed by atoms with van der Waals surface area (Å²) in [7, 11) is 0. The van der Waals surface area contributed by atoms with E-state index in [1.165, 1.54) is 22.0 Å². The summed E-state index contributed by atoms with van der Waals surface area (Å²) in [5.74, 6) is 0. The third-order valence-corrected chi connectivity index (χ3v) is 3.86. The highest BCUT2D eigenvalue weighted by Crippen LogP contribution is 2.31. The van der Waals surface area contributed by atoms with Gasteiger partial charge in [-0.25, -0.2) is 4.98 Å². The number of hydrogen-bond acceptors (Lipinski definition) is 3. The number of nitrogens with zero attached hydrogens (tertiary/aromatic N) is 1. The Kier molecular flexibility index (Phi) is 4.37. The molecule has 2 nitrogen and oxygen atoms in total. The number of nitrogens with two attached hydrogens (primary N) is 1. The molecule has 98 valence electrons. The molecule has 0 aliphatic heterocycles. The van der Waals surface area contributed by atoms with Crippen LogP contribution in [0.15, 0.2) is 0 Å². The molecule has 2 N–H and O–H groups in total. The van der Waals surface area contributed by atoms with E-state index in [9.17, 15) is 0 Å². The van der Waals surface area contributed by atoms with Gasteiger partial charge in [0.05, 0.1) is 10.7 Å². The van der Waals surface area contributed by atoms with Crippen LogP contribution >= 0.6 is 11.3 Å². The van der Waals surface area contributed by atoms with Gasteiger partial charge in [-0.2, -0.15) is 0 Å². The van der Waals surface area contributed by atoms with E-state index < -0.39 is 0 Å². The van der Waals surface area contributed by atoms with Crippen LogP contribution in [-0.2, 0) is 18.4 Å². The van der Waals surface area contributed by atoms with Crippen molar-refractivity contribution in [3.63, 3.8) is 0 Å². The van der Waals surface area contributed by atoms with Gasteiger partial charge in [-0.3, -0.25) is 0 Å². The molecule has 0 atom stereocenters. The minimum absolute atomic E-state index is 0.102. The van der Waals surface area contributed by atoms with Crippen molar-refractivity contribution in [3.8, 4) is 0 Å². The van der Waals surface area contributed by atoms with Gasteiger partial charge in [0, 0.05) is 16.8 Å². The van der Waals surface area contributed by atoms with Gasteiger partial charge in [0.2, 0.25) is 0 Å². The summed E-state index contributed by atoms with van der Waals surface area (Å²) in [6, 6.07) is 0. The summed E-state index contributed by atoms with van der Waals surface area (Å²) >= 11 is 1.79. The first-order valence-corrected chi connectivity index (χ1v) is 7.14. The van der Waals surface area contributed by atoms with Gasteiger partial charge in [-0.05, 0) is 18.3 Å². The van der Waals surface area contributed by atoms with Crippen LogP contribution in [0.3, 0.4) is 0 Å². The summed E-state index contributed by atoms with van der Waals surface area (Å²) in [4.78, 5) is 6.05. The number of thiazole rings is 1. The predicted octanol–water partition coefficient (Wildman–Crippen LogP) is 3.88.